The molecular formula is C10H20N2O. The predicted molar refractivity (Wildman–Crippen MR) is 53.6 cm³/mol. The number of amides is 1. The molecule has 76 valence electrons. The van der Waals surface area contributed by atoms with Crippen LogP contribution in [0.15, 0.2) is 0 Å². The first kappa shape index (κ1) is 10.5. The van der Waals surface area contributed by atoms with E-state index >= 15 is 0 Å². The highest BCUT2D eigenvalue weighted by molar-refractivity contribution is 5.82. The smallest absolute Gasteiger partial charge is 0.239 e. The molecule has 0 saturated carbocycles. The van der Waals surface area contributed by atoms with Gasteiger partial charge in [-0.3, -0.25) is 4.79 Å². The van der Waals surface area contributed by atoms with Crippen molar-refractivity contribution in [2.75, 3.05) is 19.6 Å². The molecule has 0 aromatic heterocycles. The summed E-state index contributed by atoms with van der Waals surface area (Å²) in [5, 5.41) is 3.24. The highest BCUT2D eigenvalue weighted by Gasteiger charge is 2.25. The van der Waals surface area contributed by atoms with Crippen molar-refractivity contribution in [1.29, 1.82) is 0 Å². The summed E-state index contributed by atoms with van der Waals surface area (Å²) >= 11 is 0. The number of hydrogen-bond donors (Lipinski definition) is 1. The van der Waals surface area contributed by atoms with Gasteiger partial charge in [0.2, 0.25) is 5.91 Å². The highest BCUT2D eigenvalue weighted by Crippen LogP contribution is 2.08. The van der Waals surface area contributed by atoms with Gasteiger partial charge in [-0.1, -0.05) is 6.92 Å². The Labute approximate surface area is 80.5 Å². The summed E-state index contributed by atoms with van der Waals surface area (Å²) < 4.78 is 0. The largest absolute Gasteiger partial charge is 0.342 e. The summed E-state index contributed by atoms with van der Waals surface area (Å²) in [5.41, 5.74) is 0. The maximum Gasteiger partial charge on any atom is 0.239 e. The fraction of sp³-hybridized carbons (Fsp3) is 0.900. The van der Waals surface area contributed by atoms with Crippen molar-refractivity contribution in [3.8, 4) is 0 Å². The van der Waals surface area contributed by atoms with Gasteiger partial charge in [0.25, 0.3) is 0 Å². The summed E-state index contributed by atoms with van der Waals surface area (Å²) in [7, 11) is 0. The number of rotatable bonds is 4. The summed E-state index contributed by atoms with van der Waals surface area (Å²) in [6.07, 6.45) is 3.20. The van der Waals surface area contributed by atoms with E-state index in [1.165, 1.54) is 0 Å². The van der Waals surface area contributed by atoms with Crippen molar-refractivity contribution in [3.05, 3.63) is 0 Å². The molecule has 0 aromatic rings. The third kappa shape index (κ3) is 2.69. The summed E-state index contributed by atoms with van der Waals surface area (Å²) in [4.78, 5) is 13.8. The van der Waals surface area contributed by atoms with E-state index in [1.54, 1.807) is 0 Å². The van der Waals surface area contributed by atoms with E-state index < -0.39 is 0 Å². The molecule has 1 saturated heterocycles. The Morgan fingerprint density at radius 2 is 2.31 bits per heavy atom. The Balaban J connectivity index is 2.42. The van der Waals surface area contributed by atoms with Gasteiger partial charge in [-0.15, -0.1) is 0 Å². The molecule has 1 aliphatic heterocycles. The van der Waals surface area contributed by atoms with E-state index in [4.69, 9.17) is 0 Å². The van der Waals surface area contributed by atoms with Crippen molar-refractivity contribution >= 4 is 5.91 Å². The summed E-state index contributed by atoms with van der Waals surface area (Å²) in [6.45, 7) is 6.89. The molecule has 0 spiro atoms. The molecule has 1 N–H and O–H groups in total. The molecule has 1 fully saturated rings. The van der Waals surface area contributed by atoms with Gasteiger partial charge in [-0.25, -0.2) is 0 Å². The second kappa shape index (κ2) is 5.22. The Morgan fingerprint density at radius 3 is 2.77 bits per heavy atom. The minimum atomic E-state index is 0.103. The lowest BCUT2D eigenvalue weighted by atomic mass is 10.2. The Bertz CT molecular complexity index is 164. The van der Waals surface area contributed by atoms with Gasteiger partial charge in [0.1, 0.15) is 0 Å². The van der Waals surface area contributed by atoms with Crippen LogP contribution in [0.4, 0.5) is 0 Å². The van der Waals surface area contributed by atoms with E-state index in [0.717, 1.165) is 38.9 Å². The minimum absolute atomic E-state index is 0.103. The lowest BCUT2D eigenvalue weighted by molar-refractivity contribution is -0.132. The second-order valence-corrected chi connectivity index (χ2v) is 3.57. The minimum Gasteiger partial charge on any atom is -0.342 e. The van der Waals surface area contributed by atoms with E-state index in [1.807, 2.05) is 11.8 Å². The zero-order chi connectivity index (χ0) is 9.68. The number of nitrogens with one attached hydrogen (secondary N) is 1. The van der Waals surface area contributed by atoms with Crippen molar-refractivity contribution in [2.45, 2.75) is 39.2 Å². The van der Waals surface area contributed by atoms with Gasteiger partial charge in [0.05, 0.1) is 6.04 Å². The lowest BCUT2D eigenvalue weighted by Gasteiger charge is -2.23. The topological polar surface area (TPSA) is 32.3 Å². The van der Waals surface area contributed by atoms with E-state index in [2.05, 4.69) is 12.2 Å². The van der Waals surface area contributed by atoms with E-state index in [0.29, 0.717) is 5.91 Å². The van der Waals surface area contributed by atoms with Crippen LogP contribution in [0.3, 0.4) is 0 Å². The SMILES string of the molecule is CCCN(CC)C(=O)[C@H]1CCCN1. The second-order valence-electron chi connectivity index (χ2n) is 3.57. The van der Waals surface area contributed by atoms with Crippen LogP contribution in [-0.4, -0.2) is 36.5 Å². The van der Waals surface area contributed by atoms with Crippen LogP contribution in [-0.2, 0) is 4.79 Å². The third-order valence-corrected chi connectivity index (χ3v) is 2.55. The Hall–Kier alpha value is -0.570. The maximum absolute atomic E-state index is 11.8. The summed E-state index contributed by atoms with van der Waals surface area (Å²) in [6, 6.07) is 0.103. The molecule has 0 bridgehead atoms. The Morgan fingerprint density at radius 1 is 1.54 bits per heavy atom. The van der Waals surface area contributed by atoms with Crippen LogP contribution in [0, 0.1) is 0 Å². The summed E-state index contributed by atoms with van der Waals surface area (Å²) in [5.74, 6) is 0.293. The molecule has 0 aromatic carbocycles. The van der Waals surface area contributed by atoms with Crippen molar-refractivity contribution in [2.24, 2.45) is 0 Å². The normalized spacial score (nSPS) is 21.8. The fourth-order valence-corrected chi connectivity index (χ4v) is 1.81. The fourth-order valence-electron chi connectivity index (χ4n) is 1.81. The quantitative estimate of drug-likeness (QED) is 0.707. The maximum atomic E-state index is 11.8. The molecular weight excluding hydrogens is 164 g/mol. The molecule has 0 radical (unpaired) electrons. The van der Waals surface area contributed by atoms with Crippen LogP contribution < -0.4 is 5.32 Å². The molecule has 0 unspecified atom stereocenters. The molecule has 0 aliphatic carbocycles. The molecule has 1 heterocycles. The van der Waals surface area contributed by atoms with Crippen LogP contribution in [0.1, 0.15) is 33.1 Å². The number of nitrogens with zero attached hydrogens (tertiary/aromatic N) is 1. The molecule has 1 rings (SSSR count). The molecule has 1 atom stereocenters. The first-order chi connectivity index (χ1) is 6.29. The van der Waals surface area contributed by atoms with Gasteiger partial charge in [0, 0.05) is 13.1 Å². The van der Waals surface area contributed by atoms with Gasteiger partial charge < -0.3 is 10.2 Å². The monoisotopic (exact) mass is 184 g/mol. The standard InChI is InChI=1S/C10H20N2O/c1-3-8-12(4-2)10(13)9-6-5-7-11-9/h9,11H,3-8H2,1-2H3/t9-/m1/s1. The Kier molecular flexibility index (Phi) is 4.22. The van der Waals surface area contributed by atoms with Gasteiger partial charge in [-0.2, -0.15) is 0 Å². The van der Waals surface area contributed by atoms with E-state index in [-0.39, 0.29) is 6.04 Å². The van der Waals surface area contributed by atoms with Crippen LogP contribution >= 0.6 is 0 Å². The lowest BCUT2D eigenvalue weighted by Crippen LogP contribution is -2.43. The molecule has 3 heteroatoms. The third-order valence-electron chi connectivity index (χ3n) is 2.55. The number of carbonyl (C=O) groups excluding carboxylic acids is 1. The van der Waals surface area contributed by atoms with Gasteiger partial charge in [0.15, 0.2) is 0 Å². The first-order valence-electron chi connectivity index (χ1n) is 5.31. The number of likely N-dealkylation sites (N-methyl/N-ethyl adjacent to an activating group) is 1. The first-order valence-corrected chi connectivity index (χ1v) is 5.31. The van der Waals surface area contributed by atoms with Crippen LogP contribution in [0.2, 0.25) is 0 Å². The van der Waals surface area contributed by atoms with Crippen LogP contribution in [0.25, 0.3) is 0 Å². The predicted octanol–water partition coefficient (Wildman–Crippen LogP) is 0.997. The van der Waals surface area contributed by atoms with Crippen molar-refractivity contribution < 1.29 is 4.79 Å². The average Bonchev–Trinajstić information content (AvgIpc) is 2.65. The van der Waals surface area contributed by atoms with Crippen molar-refractivity contribution in [1.82, 2.24) is 10.2 Å². The van der Waals surface area contributed by atoms with Crippen molar-refractivity contribution in [3.63, 3.8) is 0 Å². The van der Waals surface area contributed by atoms with E-state index in [9.17, 15) is 4.79 Å². The van der Waals surface area contributed by atoms with Gasteiger partial charge in [-0.05, 0) is 32.7 Å². The highest BCUT2D eigenvalue weighted by atomic mass is 16.2. The number of carbonyl (C=O) groups is 1. The average molecular weight is 184 g/mol. The van der Waals surface area contributed by atoms with Crippen LogP contribution in [0.5, 0.6) is 0 Å². The molecule has 13 heavy (non-hydrogen) atoms. The number of hydrogen-bond acceptors (Lipinski definition) is 2. The zero-order valence-electron chi connectivity index (χ0n) is 8.68. The zero-order valence-corrected chi connectivity index (χ0v) is 8.68. The molecule has 1 amide bonds. The van der Waals surface area contributed by atoms with Gasteiger partial charge >= 0.3 is 0 Å². The molecule has 1 aliphatic rings. The molecule has 3 nitrogen and oxygen atoms in total.